The van der Waals surface area contributed by atoms with Gasteiger partial charge in [0.2, 0.25) is 11.8 Å². The molecule has 0 unspecified atom stereocenters. The zero-order valence-electron chi connectivity index (χ0n) is 14.6. The van der Waals surface area contributed by atoms with E-state index in [1.807, 2.05) is 0 Å². The van der Waals surface area contributed by atoms with E-state index in [4.69, 9.17) is 4.52 Å². The number of nitrogens with one attached hydrogen (secondary N) is 2. The van der Waals surface area contributed by atoms with Gasteiger partial charge in [-0.05, 0) is 25.8 Å². The molecule has 0 aromatic carbocycles. The van der Waals surface area contributed by atoms with E-state index in [-0.39, 0.29) is 30.3 Å². The number of carbonyl (C=O) groups is 1. The van der Waals surface area contributed by atoms with E-state index >= 15 is 0 Å². The zero-order valence-corrected chi connectivity index (χ0v) is 14.6. The van der Waals surface area contributed by atoms with Crippen LogP contribution in [0.5, 0.6) is 0 Å². The van der Waals surface area contributed by atoms with Gasteiger partial charge in [-0.3, -0.25) is 9.59 Å². The van der Waals surface area contributed by atoms with E-state index in [1.54, 1.807) is 25.4 Å². The van der Waals surface area contributed by atoms with E-state index in [2.05, 4.69) is 35.4 Å². The Balaban J connectivity index is 1.42. The first-order valence-electron chi connectivity index (χ1n) is 8.56. The van der Waals surface area contributed by atoms with Crippen molar-refractivity contribution < 1.29 is 9.32 Å². The summed E-state index contributed by atoms with van der Waals surface area (Å²) >= 11 is 0. The van der Waals surface area contributed by atoms with Crippen LogP contribution in [0, 0.1) is 6.92 Å². The van der Waals surface area contributed by atoms with Crippen molar-refractivity contribution in [1.29, 1.82) is 0 Å². The summed E-state index contributed by atoms with van der Waals surface area (Å²) in [7, 11) is 0. The van der Waals surface area contributed by atoms with Gasteiger partial charge >= 0.3 is 0 Å². The maximum atomic E-state index is 12.4. The first kappa shape index (κ1) is 17.0. The number of aromatic nitrogens is 6. The Hall–Kier alpha value is -3.43. The highest BCUT2D eigenvalue weighted by molar-refractivity contribution is 5.78. The average molecular weight is 367 g/mol. The molecule has 1 aliphatic rings. The molecule has 27 heavy (non-hydrogen) atoms. The SMILES string of the molecule is Cc1nc(-c2ncccn2)[nH]c(=O)c1CC(=O)NCc1nc(C2CC2)no1. The monoisotopic (exact) mass is 367 g/mol. The number of carbonyl (C=O) groups excluding carboxylic acids is 1. The van der Waals surface area contributed by atoms with Crippen LogP contribution in [0.2, 0.25) is 0 Å². The van der Waals surface area contributed by atoms with Crippen LogP contribution in [0.3, 0.4) is 0 Å². The second-order valence-corrected chi connectivity index (χ2v) is 6.32. The summed E-state index contributed by atoms with van der Waals surface area (Å²) in [4.78, 5) is 43.8. The molecular formula is C17H17N7O3. The molecule has 0 aliphatic heterocycles. The van der Waals surface area contributed by atoms with Crippen LogP contribution in [-0.2, 0) is 17.8 Å². The molecule has 3 heterocycles. The third kappa shape index (κ3) is 3.89. The van der Waals surface area contributed by atoms with E-state index in [1.165, 1.54) is 0 Å². The number of aromatic amines is 1. The quantitative estimate of drug-likeness (QED) is 0.647. The van der Waals surface area contributed by atoms with Crippen LogP contribution in [0.25, 0.3) is 11.6 Å². The highest BCUT2D eigenvalue weighted by Crippen LogP contribution is 2.38. The van der Waals surface area contributed by atoms with Crippen LogP contribution in [0.4, 0.5) is 0 Å². The number of amides is 1. The fourth-order valence-corrected chi connectivity index (χ4v) is 2.59. The lowest BCUT2D eigenvalue weighted by atomic mass is 10.1. The molecule has 0 radical (unpaired) electrons. The fraction of sp³-hybridized carbons (Fsp3) is 0.353. The summed E-state index contributed by atoms with van der Waals surface area (Å²) in [5.41, 5.74) is 0.343. The number of nitrogens with zero attached hydrogens (tertiary/aromatic N) is 5. The summed E-state index contributed by atoms with van der Waals surface area (Å²) < 4.78 is 5.11. The minimum absolute atomic E-state index is 0.103. The number of rotatable bonds is 6. The van der Waals surface area contributed by atoms with Gasteiger partial charge in [0.25, 0.3) is 5.56 Å². The van der Waals surface area contributed by atoms with Gasteiger partial charge in [0.05, 0.1) is 13.0 Å². The predicted octanol–water partition coefficient (Wildman–Crippen LogP) is 0.655. The molecule has 0 spiro atoms. The van der Waals surface area contributed by atoms with Crippen LogP contribution in [0.15, 0.2) is 27.8 Å². The Morgan fingerprint density at radius 2 is 2.07 bits per heavy atom. The second kappa shape index (κ2) is 7.06. The number of aryl methyl sites for hydroxylation is 1. The van der Waals surface area contributed by atoms with E-state index in [0.717, 1.165) is 12.8 Å². The highest BCUT2D eigenvalue weighted by Gasteiger charge is 2.28. The lowest BCUT2D eigenvalue weighted by molar-refractivity contribution is -0.120. The first-order chi connectivity index (χ1) is 13.1. The largest absolute Gasteiger partial charge is 0.347 e. The van der Waals surface area contributed by atoms with Crippen LogP contribution in [-0.4, -0.2) is 36.0 Å². The molecule has 1 aliphatic carbocycles. The van der Waals surface area contributed by atoms with Crippen molar-refractivity contribution in [2.24, 2.45) is 0 Å². The van der Waals surface area contributed by atoms with Crippen LogP contribution in [0.1, 0.15) is 41.7 Å². The van der Waals surface area contributed by atoms with Crippen molar-refractivity contribution in [1.82, 2.24) is 35.4 Å². The van der Waals surface area contributed by atoms with Gasteiger partial charge in [-0.2, -0.15) is 4.98 Å². The van der Waals surface area contributed by atoms with Crippen LogP contribution >= 0.6 is 0 Å². The maximum Gasteiger partial charge on any atom is 0.255 e. The molecule has 138 valence electrons. The molecule has 3 aromatic rings. The van der Waals surface area contributed by atoms with Gasteiger partial charge in [-0.25, -0.2) is 15.0 Å². The Morgan fingerprint density at radius 3 is 2.78 bits per heavy atom. The molecule has 0 bridgehead atoms. The van der Waals surface area contributed by atoms with Crippen LogP contribution < -0.4 is 10.9 Å². The summed E-state index contributed by atoms with van der Waals surface area (Å²) in [6, 6.07) is 1.67. The predicted molar refractivity (Wildman–Crippen MR) is 92.4 cm³/mol. The molecule has 10 nitrogen and oxygen atoms in total. The van der Waals surface area contributed by atoms with Crippen molar-refractivity contribution in [2.45, 2.75) is 38.6 Å². The molecular weight excluding hydrogens is 350 g/mol. The van der Waals surface area contributed by atoms with Gasteiger partial charge in [0.15, 0.2) is 17.5 Å². The Labute approximate surface area is 153 Å². The van der Waals surface area contributed by atoms with Crippen molar-refractivity contribution in [3.05, 3.63) is 51.8 Å². The van der Waals surface area contributed by atoms with Crippen molar-refractivity contribution in [3.63, 3.8) is 0 Å². The van der Waals surface area contributed by atoms with E-state index in [9.17, 15) is 9.59 Å². The standard InChI is InChI=1S/C17H17N7O3/c1-9-11(17(26)23-16(21-9)15-18-5-2-6-19-15)7-12(25)20-8-13-22-14(24-27-13)10-3-4-10/h2,5-6,10H,3-4,7-8H2,1H3,(H,20,25)(H,21,23,26). The van der Waals surface area contributed by atoms with Gasteiger partial charge < -0.3 is 14.8 Å². The first-order valence-corrected chi connectivity index (χ1v) is 8.56. The Bertz CT molecular complexity index is 1020. The lowest BCUT2D eigenvalue weighted by Crippen LogP contribution is -2.29. The molecule has 2 N–H and O–H groups in total. The summed E-state index contributed by atoms with van der Waals surface area (Å²) in [6.07, 6.45) is 5.17. The zero-order chi connectivity index (χ0) is 18.8. The molecule has 3 aromatic heterocycles. The second-order valence-electron chi connectivity index (χ2n) is 6.32. The third-order valence-corrected chi connectivity index (χ3v) is 4.20. The molecule has 1 saturated carbocycles. The molecule has 0 atom stereocenters. The van der Waals surface area contributed by atoms with Gasteiger partial charge in [-0.15, -0.1) is 0 Å². The average Bonchev–Trinajstić information content (AvgIpc) is 3.42. The lowest BCUT2D eigenvalue weighted by Gasteiger charge is -2.06. The number of H-pyrrole nitrogens is 1. The highest BCUT2D eigenvalue weighted by atomic mass is 16.5. The molecule has 1 fully saturated rings. The Kier molecular flexibility index (Phi) is 4.45. The summed E-state index contributed by atoms with van der Waals surface area (Å²) in [5, 5.41) is 6.57. The number of hydrogen-bond donors (Lipinski definition) is 2. The van der Waals surface area contributed by atoms with Crippen molar-refractivity contribution in [3.8, 4) is 11.6 Å². The molecule has 4 rings (SSSR count). The topological polar surface area (TPSA) is 140 Å². The van der Waals surface area contributed by atoms with E-state index in [0.29, 0.717) is 29.2 Å². The van der Waals surface area contributed by atoms with Gasteiger partial charge in [0.1, 0.15) is 0 Å². The normalized spacial score (nSPS) is 13.5. The Morgan fingerprint density at radius 1 is 1.30 bits per heavy atom. The minimum atomic E-state index is -0.395. The fourth-order valence-electron chi connectivity index (χ4n) is 2.59. The maximum absolute atomic E-state index is 12.4. The van der Waals surface area contributed by atoms with Crippen molar-refractivity contribution >= 4 is 5.91 Å². The molecule has 1 amide bonds. The van der Waals surface area contributed by atoms with Crippen molar-refractivity contribution in [2.75, 3.05) is 0 Å². The molecule has 0 saturated heterocycles. The summed E-state index contributed by atoms with van der Waals surface area (Å²) in [6.45, 7) is 1.79. The van der Waals surface area contributed by atoms with Gasteiger partial charge in [-0.1, -0.05) is 5.16 Å². The minimum Gasteiger partial charge on any atom is -0.347 e. The summed E-state index contributed by atoms with van der Waals surface area (Å²) in [5.74, 6) is 1.68. The smallest absolute Gasteiger partial charge is 0.255 e. The van der Waals surface area contributed by atoms with Gasteiger partial charge in [0, 0.05) is 29.6 Å². The number of hydrogen-bond acceptors (Lipinski definition) is 8. The van der Waals surface area contributed by atoms with E-state index < -0.39 is 5.56 Å². The third-order valence-electron chi connectivity index (χ3n) is 4.20. The molecule has 10 heteroatoms.